The number of aliphatic hydroxyl groups excluding tert-OH is 2. The van der Waals surface area contributed by atoms with Crippen molar-refractivity contribution in [3.8, 4) is 5.75 Å². The maximum absolute atomic E-state index is 11.8. The second-order valence-electron chi connectivity index (χ2n) is 13.4. The summed E-state index contributed by atoms with van der Waals surface area (Å²) in [5, 5.41) is 33.4. The molecule has 3 N–H and O–H groups in total. The molecule has 0 amide bonds. The highest BCUT2D eigenvalue weighted by molar-refractivity contribution is 5.33. The summed E-state index contributed by atoms with van der Waals surface area (Å²) in [6.45, 7) is 6.98. The topological polar surface area (TPSA) is 69.9 Å². The predicted octanol–water partition coefficient (Wildman–Crippen LogP) is 5.76. The molecule has 1 aromatic carbocycles. The first-order valence-electron chi connectivity index (χ1n) is 14.3. The molecule has 0 aromatic heterocycles. The minimum Gasteiger partial charge on any atom is -0.496 e. The van der Waals surface area contributed by atoms with Crippen LogP contribution in [0.4, 0.5) is 0 Å². The van der Waals surface area contributed by atoms with Crippen LogP contribution < -0.4 is 4.74 Å². The lowest BCUT2D eigenvalue weighted by Gasteiger charge is -2.62. The van der Waals surface area contributed by atoms with E-state index in [1.165, 1.54) is 24.8 Å². The van der Waals surface area contributed by atoms with Gasteiger partial charge in [-0.2, -0.15) is 0 Å². The zero-order valence-corrected chi connectivity index (χ0v) is 22.4. The van der Waals surface area contributed by atoms with E-state index in [0.29, 0.717) is 23.7 Å². The molecule has 0 aliphatic heterocycles. The van der Waals surface area contributed by atoms with Gasteiger partial charge < -0.3 is 20.1 Å². The van der Waals surface area contributed by atoms with Gasteiger partial charge in [-0.15, -0.1) is 0 Å². The van der Waals surface area contributed by atoms with Crippen molar-refractivity contribution in [2.24, 2.45) is 40.4 Å². The molecular weight excluding hydrogens is 436 g/mol. The zero-order valence-electron chi connectivity index (χ0n) is 22.4. The molecule has 0 bridgehead atoms. The molecule has 4 nitrogen and oxygen atoms in total. The number of benzene rings is 1. The lowest BCUT2D eigenvalue weighted by molar-refractivity contribution is -0.179. The molecule has 196 valence electrons. The average molecular weight is 485 g/mol. The Hall–Kier alpha value is -1.10. The Kier molecular flexibility index (Phi) is 6.81. The number of methoxy groups -OCH3 is 1. The van der Waals surface area contributed by atoms with E-state index in [9.17, 15) is 15.3 Å². The molecule has 0 heterocycles. The van der Waals surface area contributed by atoms with Crippen molar-refractivity contribution in [1.29, 1.82) is 0 Å². The Morgan fingerprint density at radius 3 is 2.43 bits per heavy atom. The summed E-state index contributed by atoms with van der Waals surface area (Å²) in [5.74, 6) is 3.29. The van der Waals surface area contributed by atoms with Gasteiger partial charge in [0.05, 0.1) is 24.9 Å². The maximum atomic E-state index is 11.8. The number of rotatable bonds is 6. The maximum Gasteiger partial charge on any atom is 0.122 e. The first-order valence-corrected chi connectivity index (χ1v) is 14.3. The van der Waals surface area contributed by atoms with Crippen LogP contribution in [0.25, 0.3) is 0 Å². The third kappa shape index (κ3) is 4.26. The fourth-order valence-corrected chi connectivity index (χ4v) is 10.0. The van der Waals surface area contributed by atoms with Crippen LogP contribution in [0.2, 0.25) is 0 Å². The standard InChI is InChI=1S/C31H48O4/c1-29-16-13-21(32)18-25(29)26(33)19-22-23-11-12-28(30(23,2)17-14-24(22)29)31(3,34)15-7-9-20-8-5-6-10-27(20)35-4/h5-6,8,10,21-26,28,32-34H,7,9,11-19H2,1-4H3/t21-,22-,23-,24-,25+,26-,28-,29+,30-,31-/m0/s1. The summed E-state index contributed by atoms with van der Waals surface area (Å²) in [5.41, 5.74) is 0.843. The lowest BCUT2D eigenvalue weighted by atomic mass is 9.43. The van der Waals surface area contributed by atoms with Crippen LogP contribution in [0.3, 0.4) is 0 Å². The van der Waals surface area contributed by atoms with Gasteiger partial charge in [-0.1, -0.05) is 32.0 Å². The van der Waals surface area contributed by atoms with Crippen molar-refractivity contribution in [2.75, 3.05) is 7.11 Å². The van der Waals surface area contributed by atoms with E-state index in [1.807, 2.05) is 12.1 Å². The molecule has 4 heteroatoms. The molecule has 5 rings (SSSR count). The molecule has 1 aromatic rings. The van der Waals surface area contributed by atoms with Crippen LogP contribution >= 0.6 is 0 Å². The van der Waals surface area contributed by atoms with Crippen molar-refractivity contribution in [1.82, 2.24) is 0 Å². The Bertz CT molecular complexity index is 898. The summed E-state index contributed by atoms with van der Waals surface area (Å²) in [4.78, 5) is 0. The van der Waals surface area contributed by atoms with Crippen LogP contribution in [0.15, 0.2) is 24.3 Å². The fraction of sp³-hybridized carbons (Fsp3) is 0.806. The number of para-hydroxylation sites is 1. The Labute approximate surface area is 212 Å². The minimum absolute atomic E-state index is 0.145. The van der Waals surface area contributed by atoms with Crippen molar-refractivity contribution < 1.29 is 20.1 Å². The number of ether oxygens (including phenoxy) is 1. The normalized spacial score (nSPS) is 44.6. The minimum atomic E-state index is -0.674. The Morgan fingerprint density at radius 2 is 1.66 bits per heavy atom. The summed E-state index contributed by atoms with van der Waals surface area (Å²) in [6.07, 6.45) is 10.4. The van der Waals surface area contributed by atoms with Crippen molar-refractivity contribution >= 4 is 0 Å². The monoisotopic (exact) mass is 484 g/mol. The van der Waals surface area contributed by atoms with E-state index in [2.05, 4.69) is 32.9 Å². The summed E-state index contributed by atoms with van der Waals surface area (Å²) >= 11 is 0. The van der Waals surface area contributed by atoms with Gasteiger partial charge >= 0.3 is 0 Å². The Balaban J connectivity index is 1.29. The third-order valence-electron chi connectivity index (χ3n) is 11.7. The number of hydrogen-bond acceptors (Lipinski definition) is 4. The van der Waals surface area contributed by atoms with Gasteiger partial charge in [-0.3, -0.25) is 0 Å². The smallest absolute Gasteiger partial charge is 0.122 e. The molecular formula is C31H48O4. The average Bonchev–Trinajstić information content (AvgIpc) is 3.19. The molecule has 4 aliphatic rings. The van der Waals surface area contributed by atoms with Crippen molar-refractivity contribution in [2.45, 2.75) is 109 Å². The molecule has 4 fully saturated rings. The van der Waals surface area contributed by atoms with Gasteiger partial charge in [-0.05, 0) is 130 Å². The van der Waals surface area contributed by atoms with E-state index < -0.39 is 5.60 Å². The van der Waals surface area contributed by atoms with E-state index >= 15 is 0 Å². The number of aliphatic hydroxyl groups is 3. The van der Waals surface area contributed by atoms with E-state index in [4.69, 9.17) is 4.74 Å². The van der Waals surface area contributed by atoms with Crippen LogP contribution in [0.5, 0.6) is 5.75 Å². The van der Waals surface area contributed by atoms with Gasteiger partial charge in [0, 0.05) is 0 Å². The van der Waals surface area contributed by atoms with E-state index in [1.54, 1.807) is 7.11 Å². The summed E-state index contributed by atoms with van der Waals surface area (Å²) in [6, 6.07) is 8.22. The molecule has 0 unspecified atom stereocenters. The summed E-state index contributed by atoms with van der Waals surface area (Å²) in [7, 11) is 1.73. The molecule has 4 saturated carbocycles. The molecule has 4 aliphatic carbocycles. The van der Waals surface area contributed by atoms with Gasteiger partial charge in [0.25, 0.3) is 0 Å². The quantitative estimate of drug-likeness (QED) is 0.480. The lowest BCUT2D eigenvalue weighted by Crippen LogP contribution is -2.59. The van der Waals surface area contributed by atoms with Gasteiger partial charge in [0.15, 0.2) is 0 Å². The largest absolute Gasteiger partial charge is 0.496 e. The highest BCUT2D eigenvalue weighted by Crippen LogP contribution is 2.68. The van der Waals surface area contributed by atoms with Crippen LogP contribution in [0.1, 0.15) is 90.5 Å². The fourth-order valence-electron chi connectivity index (χ4n) is 10.0. The predicted molar refractivity (Wildman–Crippen MR) is 139 cm³/mol. The van der Waals surface area contributed by atoms with Gasteiger partial charge in [-0.25, -0.2) is 0 Å². The highest BCUT2D eigenvalue weighted by Gasteiger charge is 2.63. The van der Waals surface area contributed by atoms with Gasteiger partial charge in [0.2, 0.25) is 0 Å². The molecule has 0 saturated heterocycles. The molecule has 35 heavy (non-hydrogen) atoms. The number of aryl methyl sites for hydroxylation is 1. The van der Waals surface area contributed by atoms with Crippen LogP contribution in [-0.2, 0) is 6.42 Å². The van der Waals surface area contributed by atoms with Gasteiger partial charge in [0.1, 0.15) is 5.75 Å². The first-order chi connectivity index (χ1) is 16.6. The second-order valence-corrected chi connectivity index (χ2v) is 13.4. The van der Waals surface area contributed by atoms with Crippen molar-refractivity contribution in [3.05, 3.63) is 29.8 Å². The first kappa shape index (κ1) is 25.5. The highest BCUT2D eigenvalue weighted by atomic mass is 16.5. The molecule has 0 spiro atoms. The Morgan fingerprint density at radius 1 is 0.943 bits per heavy atom. The number of hydrogen-bond donors (Lipinski definition) is 3. The van der Waals surface area contributed by atoms with Crippen LogP contribution in [0, 0.1) is 40.4 Å². The zero-order chi connectivity index (χ0) is 25.0. The number of fused-ring (bicyclic) bond motifs is 5. The van der Waals surface area contributed by atoms with Crippen LogP contribution in [-0.4, -0.2) is 40.2 Å². The SMILES string of the molecule is COc1ccccc1CCC[C@](C)(O)[C@H]1CC[C@H]2[C@@H]3C[C@H](O)[C@H]4C[C@@H](O)CC[C@]4(C)[C@H]3CC[C@@]21C. The summed E-state index contributed by atoms with van der Waals surface area (Å²) < 4.78 is 5.53. The van der Waals surface area contributed by atoms with E-state index in [-0.39, 0.29) is 29.0 Å². The second kappa shape index (κ2) is 9.33. The van der Waals surface area contributed by atoms with Crippen molar-refractivity contribution in [3.63, 3.8) is 0 Å². The molecule has 10 atom stereocenters. The van der Waals surface area contributed by atoms with E-state index in [0.717, 1.165) is 57.1 Å². The molecule has 0 radical (unpaired) electrons. The third-order valence-corrected chi connectivity index (χ3v) is 11.7.